The molecule has 0 bridgehead atoms. The van der Waals surface area contributed by atoms with Gasteiger partial charge in [0.15, 0.2) is 0 Å². The number of hydrogen-bond donors (Lipinski definition) is 1. The zero-order valence-corrected chi connectivity index (χ0v) is 11.7. The molecule has 4 nitrogen and oxygen atoms in total. The molecule has 3 rings (SSSR count). The molecule has 1 atom stereocenters. The van der Waals surface area contributed by atoms with Gasteiger partial charge in [0.25, 0.3) is 0 Å². The first kappa shape index (κ1) is 12.6. The van der Waals surface area contributed by atoms with Crippen molar-refractivity contribution in [2.24, 2.45) is 0 Å². The second kappa shape index (κ2) is 4.92. The van der Waals surface area contributed by atoms with Crippen LogP contribution in [0.5, 0.6) is 0 Å². The monoisotopic (exact) mass is 294 g/mol. The lowest BCUT2D eigenvalue weighted by atomic mass is 10.1. The van der Waals surface area contributed by atoms with Crippen molar-refractivity contribution in [3.63, 3.8) is 0 Å². The summed E-state index contributed by atoms with van der Waals surface area (Å²) in [6.45, 7) is 1.72. The largest absolute Gasteiger partial charge is 0.461 e. The fourth-order valence-corrected chi connectivity index (χ4v) is 2.76. The molecule has 0 fully saturated rings. The van der Waals surface area contributed by atoms with Gasteiger partial charge in [-0.25, -0.2) is 0 Å². The van der Waals surface area contributed by atoms with Crippen LogP contribution in [0.4, 0.5) is 0 Å². The highest BCUT2D eigenvalue weighted by molar-refractivity contribution is 7.00. The number of rotatable bonds is 3. The van der Waals surface area contributed by atoms with E-state index in [0.717, 1.165) is 34.1 Å². The van der Waals surface area contributed by atoms with Gasteiger partial charge < -0.3 is 9.52 Å². The van der Waals surface area contributed by atoms with Crippen molar-refractivity contribution in [3.05, 3.63) is 35.0 Å². The number of aliphatic hydroxyl groups excluding tert-OH is 1. The van der Waals surface area contributed by atoms with Crippen LogP contribution in [0, 0.1) is 0 Å². The molecule has 0 aliphatic heterocycles. The third kappa shape index (κ3) is 2.36. The summed E-state index contributed by atoms with van der Waals surface area (Å²) in [5.41, 5.74) is 2.30. The lowest BCUT2D eigenvalue weighted by Crippen LogP contribution is -2.02. The van der Waals surface area contributed by atoms with Gasteiger partial charge in [0.1, 0.15) is 22.6 Å². The average Bonchev–Trinajstić information content (AvgIpc) is 2.97. The quantitative estimate of drug-likeness (QED) is 0.803. The van der Waals surface area contributed by atoms with Crippen LogP contribution in [0.15, 0.2) is 28.7 Å². The first-order valence-electron chi connectivity index (χ1n) is 5.83. The molecule has 0 radical (unpaired) electrons. The Balaban J connectivity index is 2.10. The molecule has 1 unspecified atom stereocenters. The Labute approximate surface area is 119 Å². The Morgan fingerprint density at radius 1 is 1.32 bits per heavy atom. The van der Waals surface area contributed by atoms with Gasteiger partial charge >= 0.3 is 0 Å². The molecule has 0 amide bonds. The Bertz CT molecular complexity index is 720. The van der Waals surface area contributed by atoms with E-state index in [4.69, 9.17) is 16.0 Å². The van der Waals surface area contributed by atoms with Gasteiger partial charge in [-0.15, -0.1) is 0 Å². The van der Waals surface area contributed by atoms with E-state index < -0.39 is 6.10 Å². The third-order valence-electron chi connectivity index (χ3n) is 2.78. The molecule has 98 valence electrons. The second-order valence-corrected chi connectivity index (χ2v) is 5.31. The number of aliphatic hydroxyl groups is 1. The lowest BCUT2D eigenvalue weighted by Gasteiger charge is -2.02. The van der Waals surface area contributed by atoms with Gasteiger partial charge in [-0.05, 0) is 31.2 Å². The van der Waals surface area contributed by atoms with Gasteiger partial charge in [-0.3, -0.25) is 0 Å². The van der Waals surface area contributed by atoms with Gasteiger partial charge in [-0.2, -0.15) is 8.75 Å². The molecule has 0 saturated heterocycles. The maximum absolute atomic E-state index is 9.37. The fraction of sp³-hybridized carbons (Fsp3) is 0.231. The van der Waals surface area contributed by atoms with Crippen molar-refractivity contribution in [2.75, 3.05) is 0 Å². The number of furan rings is 1. The smallest absolute Gasteiger partial charge is 0.138 e. The lowest BCUT2D eigenvalue weighted by molar-refractivity contribution is 0.187. The van der Waals surface area contributed by atoms with E-state index in [-0.39, 0.29) is 0 Å². The minimum Gasteiger partial charge on any atom is -0.461 e. The molecule has 3 aromatic rings. The predicted molar refractivity (Wildman–Crippen MR) is 75.5 cm³/mol. The predicted octanol–water partition coefficient (Wildman–Crippen LogP) is 3.53. The van der Waals surface area contributed by atoms with E-state index in [1.54, 1.807) is 13.0 Å². The zero-order chi connectivity index (χ0) is 13.4. The van der Waals surface area contributed by atoms with E-state index in [9.17, 15) is 5.11 Å². The van der Waals surface area contributed by atoms with Crippen LogP contribution in [0.25, 0.3) is 22.4 Å². The van der Waals surface area contributed by atoms with E-state index in [1.807, 2.05) is 18.2 Å². The Kier molecular flexibility index (Phi) is 3.26. The van der Waals surface area contributed by atoms with Gasteiger partial charge in [0.2, 0.25) is 0 Å². The van der Waals surface area contributed by atoms with Crippen LogP contribution in [-0.2, 0) is 6.42 Å². The molecule has 6 heteroatoms. The van der Waals surface area contributed by atoms with Crippen molar-refractivity contribution >= 4 is 34.4 Å². The zero-order valence-electron chi connectivity index (χ0n) is 10.1. The van der Waals surface area contributed by atoms with Crippen molar-refractivity contribution in [2.45, 2.75) is 19.4 Å². The summed E-state index contributed by atoms with van der Waals surface area (Å²) < 4.78 is 14.2. The number of benzene rings is 1. The minimum atomic E-state index is -0.439. The Morgan fingerprint density at radius 2 is 2.16 bits per heavy atom. The normalized spacial score (nSPS) is 13.0. The molecular formula is C13H11ClN2O2S. The van der Waals surface area contributed by atoms with Gasteiger partial charge in [0.05, 0.1) is 28.4 Å². The summed E-state index contributed by atoms with van der Waals surface area (Å²) in [5, 5.41) is 9.95. The van der Waals surface area contributed by atoms with Crippen LogP contribution >= 0.6 is 23.3 Å². The molecule has 0 aliphatic carbocycles. The summed E-state index contributed by atoms with van der Waals surface area (Å²) in [7, 11) is 0. The van der Waals surface area contributed by atoms with Gasteiger partial charge in [0, 0.05) is 6.42 Å². The van der Waals surface area contributed by atoms with Crippen LogP contribution in [0.3, 0.4) is 0 Å². The fourth-order valence-electron chi connectivity index (χ4n) is 1.97. The first-order valence-corrected chi connectivity index (χ1v) is 6.94. The van der Waals surface area contributed by atoms with Crippen LogP contribution < -0.4 is 0 Å². The van der Waals surface area contributed by atoms with E-state index in [1.165, 1.54) is 0 Å². The molecule has 0 saturated carbocycles. The minimum absolute atomic E-state index is 0.439. The number of nitrogens with zero attached hydrogens (tertiary/aromatic N) is 2. The first-order chi connectivity index (χ1) is 9.15. The molecule has 1 aromatic carbocycles. The molecule has 0 aliphatic rings. The summed E-state index contributed by atoms with van der Waals surface area (Å²) >= 11 is 7.38. The van der Waals surface area contributed by atoms with Crippen LogP contribution in [0.2, 0.25) is 5.02 Å². The number of halogens is 1. The highest BCUT2D eigenvalue weighted by atomic mass is 35.5. The standard InChI is InChI=1S/C13H11ClN2O2S/c1-7(17)6-8-2-5-11(18-8)12-9(14)3-4-10-13(12)16-19-15-10/h2-5,7,17H,6H2,1H3. The third-order valence-corrected chi connectivity index (χ3v) is 3.64. The number of fused-ring (bicyclic) bond motifs is 1. The maximum Gasteiger partial charge on any atom is 0.138 e. The van der Waals surface area contributed by atoms with Gasteiger partial charge in [-0.1, -0.05) is 11.6 Å². The van der Waals surface area contributed by atoms with E-state index in [0.29, 0.717) is 17.2 Å². The van der Waals surface area contributed by atoms with Crippen LogP contribution in [0.1, 0.15) is 12.7 Å². The van der Waals surface area contributed by atoms with Crippen molar-refractivity contribution in [3.8, 4) is 11.3 Å². The van der Waals surface area contributed by atoms with Crippen LogP contribution in [-0.4, -0.2) is 20.0 Å². The summed E-state index contributed by atoms with van der Waals surface area (Å²) in [6, 6.07) is 7.32. The molecule has 2 aromatic heterocycles. The topological polar surface area (TPSA) is 59.2 Å². The SMILES string of the molecule is CC(O)Cc1ccc(-c2c(Cl)ccc3nsnc23)o1. The number of aromatic nitrogens is 2. The Morgan fingerprint density at radius 3 is 2.95 bits per heavy atom. The summed E-state index contributed by atoms with van der Waals surface area (Å²) in [4.78, 5) is 0. The highest BCUT2D eigenvalue weighted by Gasteiger charge is 2.15. The molecule has 19 heavy (non-hydrogen) atoms. The molecule has 2 heterocycles. The average molecular weight is 295 g/mol. The van der Waals surface area contributed by atoms with E-state index >= 15 is 0 Å². The summed E-state index contributed by atoms with van der Waals surface area (Å²) in [6.07, 6.45) is 0.0364. The molecule has 0 spiro atoms. The number of hydrogen-bond acceptors (Lipinski definition) is 5. The Hall–Kier alpha value is -1.43. The maximum atomic E-state index is 9.37. The molecular weight excluding hydrogens is 284 g/mol. The van der Waals surface area contributed by atoms with Crippen molar-refractivity contribution < 1.29 is 9.52 Å². The van der Waals surface area contributed by atoms with Crippen molar-refractivity contribution in [1.29, 1.82) is 0 Å². The highest BCUT2D eigenvalue weighted by Crippen LogP contribution is 2.35. The second-order valence-electron chi connectivity index (χ2n) is 4.37. The summed E-state index contributed by atoms with van der Waals surface area (Å²) in [5.74, 6) is 1.38. The van der Waals surface area contributed by atoms with Crippen molar-refractivity contribution in [1.82, 2.24) is 8.75 Å². The molecule has 1 N–H and O–H groups in total. The van der Waals surface area contributed by atoms with E-state index in [2.05, 4.69) is 8.75 Å².